The van der Waals surface area contributed by atoms with Crippen LogP contribution in [0.4, 0.5) is 4.39 Å². The number of ketones is 1. The van der Waals surface area contributed by atoms with Gasteiger partial charge in [0.25, 0.3) is 0 Å². The smallest absolute Gasteiger partial charge is 0.245 e. The third-order valence-corrected chi connectivity index (χ3v) is 5.05. The molecule has 0 N–H and O–H groups in total. The Morgan fingerprint density at radius 2 is 2.06 bits per heavy atom. The van der Waals surface area contributed by atoms with E-state index in [4.69, 9.17) is 11.6 Å². The number of piperidine rings is 1. The molecule has 18 heavy (non-hydrogen) atoms. The summed E-state index contributed by atoms with van der Waals surface area (Å²) in [5, 5.41) is -0.0468. The van der Waals surface area contributed by atoms with Crippen LogP contribution in [0.1, 0.15) is 12.8 Å². The minimum atomic E-state index is -3.91. The molecule has 1 aliphatic heterocycles. The van der Waals surface area contributed by atoms with Gasteiger partial charge in [-0.1, -0.05) is 11.6 Å². The van der Waals surface area contributed by atoms with Crippen molar-refractivity contribution < 1.29 is 17.6 Å². The fourth-order valence-corrected chi connectivity index (χ4v) is 3.77. The first-order valence-corrected chi connectivity index (χ1v) is 7.20. The van der Waals surface area contributed by atoms with Gasteiger partial charge in [0.15, 0.2) is 0 Å². The molecule has 0 unspecified atom stereocenters. The van der Waals surface area contributed by atoms with Crippen molar-refractivity contribution in [2.24, 2.45) is 0 Å². The molecule has 0 amide bonds. The molecule has 7 heteroatoms. The number of rotatable bonds is 2. The van der Waals surface area contributed by atoms with E-state index in [0.29, 0.717) is 12.8 Å². The number of Topliss-reactive ketones (excluding diaryl/α,β-unsaturated/α-hetero) is 1. The average molecular weight is 292 g/mol. The summed E-state index contributed by atoms with van der Waals surface area (Å²) in [4.78, 5) is 11.0. The second-order valence-electron chi connectivity index (χ2n) is 4.06. The summed E-state index contributed by atoms with van der Waals surface area (Å²) in [7, 11) is -3.91. The summed E-state index contributed by atoms with van der Waals surface area (Å²) in [5.74, 6) is -0.821. The highest BCUT2D eigenvalue weighted by molar-refractivity contribution is 7.89. The van der Waals surface area contributed by atoms with Crippen LogP contribution in [0.5, 0.6) is 0 Å². The lowest BCUT2D eigenvalue weighted by molar-refractivity contribution is -0.120. The molecule has 4 nitrogen and oxygen atoms in total. The maximum absolute atomic E-state index is 13.1. The maximum atomic E-state index is 13.1. The standard InChI is InChI=1S/C11H11ClFNO3S/c12-10-4-3-8(13)6-11(10)18(16,17)14-5-1-2-9(15)7-14/h3-4,6H,1-2,5,7H2. The van der Waals surface area contributed by atoms with Crippen LogP contribution in [-0.4, -0.2) is 31.6 Å². The summed E-state index contributed by atoms with van der Waals surface area (Å²) in [5.41, 5.74) is 0. The predicted molar refractivity (Wildman–Crippen MR) is 64.4 cm³/mol. The lowest BCUT2D eigenvalue weighted by atomic mass is 10.1. The fraction of sp³-hybridized carbons (Fsp3) is 0.364. The van der Waals surface area contributed by atoms with Gasteiger partial charge < -0.3 is 0 Å². The molecule has 1 aromatic rings. The number of carbonyl (C=O) groups is 1. The number of benzene rings is 1. The zero-order valence-corrected chi connectivity index (χ0v) is 11.0. The lowest BCUT2D eigenvalue weighted by Gasteiger charge is -2.25. The van der Waals surface area contributed by atoms with Crippen LogP contribution in [-0.2, 0) is 14.8 Å². The molecule has 1 saturated heterocycles. The first-order valence-electron chi connectivity index (χ1n) is 5.38. The molecular formula is C11H11ClFNO3S. The summed E-state index contributed by atoms with van der Waals surface area (Å²) in [6, 6.07) is 3.15. The Morgan fingerprint density at radius 3 is 2.72 bits per heavy atom. The number of hydrogen-bond donors (Lipinski definition) is 0. The van der Waals surface area contributed by atoms with Gasteiger partial charge in [0, 0.05) is 13.0 Å². The van der Waals surface area contributed by atoms with E-state index in [1.54, 1.807) is 0 Å². The molecule has 0 bridgehead atoms. The molecule has 0 spiro atoms. The number of carbonyl (C=O) groups excluding carboxylic acids is 1. The van der Waals surface area contributed by atoms with Crippen molar-refractivity contribution in [2.45, 2.75) is 17.7 Å². The molecule has 0 radical (unpaired) electrons. The third-order valence-electron chi connectivity index (χ3n) is 2.73. The van der Waals surface area contributed by atoms with Crippen LogP contribution < -0.4 is 0 Å². The normalized spacial score (nSPS) is 18.0. The van der Waals surface area contributed by atoms with E-state index >= 15 is 0 Å². The van der Waals surface area contributed by atoms with Crippen LogP contribution in [0.25, 0.3) is 0 Å². The van der Waals surface area contributed by atoms with Gasteiger partial charge in [0.2, 0.25) is 10.0 Å². The van der Waals surface area contributed by atoms with Crippen molar-refractivity contribution in [1.29, 1.82) is 0 Å². The number of nitrogens with zero attached hydrogens (tertiary/aromatic N) is 1. The second kappa shape index (κ2) is 4.95. The Balaban J connectivity index is 2.41. The van der Waals surface area contributed by atoms with Crippen molar-refractivity contribution in [1.82, 2.24) is 4.31 Å². The van der Waals surface area contributed by atoms with E-state index in [0.717, 1.165) is 16.4 Å². The van der Waals surface area contributed by atoms with E-state index in [1.807, 2.05) is 0 Å². The fourth-order valence-electron chi connectivity index (χ4n) is 1.83. The number of halogens is 2. The molecule has 0 atom stereocenters. The van der Waals surface area contributed by atoms with Gasteiger partial charge >= 0.3 is 0 Å². The van der Waals surface area contributed by atoms with Crippen LogP contribution in [0.3, 0.4) is 0 Å². The SMILES string of the molecule is O=C1CCCN(S(=O)(=O)c2cc(F)ccc2Cl)C1. The summed E-state index contributed by atoms with van der Waals surface area (Å²) in [6.07, 6.45) is 0.855. The zero-order valence-electron chi connectivity index (χ0n) is 9.40. The highest BCUT2D eigenvalue weighted by Gasteiger charge is 2.30. The zero-order chi connectivity index (χ0) is 13.3. The van der Waals surface area contributed by atoms with Crippen molar-refractivity contribution in [3.8, 4) is 0 Å². The predicted octanol–water partition coefficient (Wildman–Crippen LogP) is 1.83. The number of sulfonamides is 1. The minimum absolute atomic E-state index is 0.0468. The van der Waals surface area contributed by atoms with E-state index in [2.05, 4.69) is 0 Å². The molecule has 0 saturated carbocycles. The van der Waals surface area contributed by atoms with E-state index in [1.165, 1.54) is 6.07 Å². The molecule has 1 fully saturated rings. The maximum Gasteiger partial charge on any atom is 0.245 e. The second-order valence-corrected chi connectivity index (χ2v) is 6.37. The van der Waals surface area contributed by atoms with E-state index in [9.17, 15) is 17.6 Å². The highest BCUT2D eigenvalue weighted by atomic mass is 35.5. The van der Waals surface area contributed by atoms with Crippen molar-refractivity contribution >= 4 is 27.4 Å². The van der Waals surface area contributed by atoms with E-state index in [-0.39, 0.29) is 28.8 Å². The van der Waals surface area contributed by atoms with Crippen molar-refractivity contribution in [2.75, 3.05) is 13.1 Å². The van der Waals surface area contributed by atoms with Gasteiger partial charge in [-0.2, -0.15) is 4.31 Å². The Kier molecular flexibility index (Phi) is 3.70. The summed E-state index contributed by atoms with van der Waals surface area (Å²) >= 11 is 5.78. The largest absolute Gasteiger partial charge is 0.298 e. The molecule has 1 aromatic carbocycles. The molecule has 98 valence electrons. The molecule has 1 aliphatic rings. The van der Waals surface area contributed by atoms with Crippen LogP contribution in [0.2, 0.25) is 5.02 Å². The van der Waals surface area contributed by atoms with Crippen molar-refractivity contribution in [3.63, 3.8) is 0 Å². The monoisotopic (exact) mass is 291 g/mol. The van der Waals surface area contributed by atoms with Crippen LogP contribution in [0.15, 0.2) is 23.1 Å². The van der Waals surface area contributed by atoms with Gasteiger partial charge in [-0.05, 0) is 24.6 Å². The van der Waals surface area contributed by atoms with E-state index < -0.39 is 15.8 Å². The Hall–Kier alpha value is -0.980. The molecule has 0 aromatic heterocycles. The molecule has 2 rings (SSSR count). The Labute approximate surface area is 109 Å². The first-order chi connectivity index (χ1) is 8.41. The Bertz CT molecular complexity index is 588. The topological polar surface area (TPSA) is 54.5 Å². The number of hydrogen-bond acceptors (Lipinski definition) is 3. The summed E-state index contributed by atoms with van der Waals surface area (Å²) < 4.78 is 38.6. The third kappa shape index (κ3) is 2.55. The lowest BCUT2D eigenvalue weighted by Crippen LogP contribution is -2.40. The minimum Gasteiger partial charge on any atom is -0.298 e. The van der Waals surface area contributed by atoms with Crippen molar-refractivity contribution in [3.05, 3.63) is 29.0 Å². The summed E-state index contributed by atoms with van der Waals surface area (Å²) in [6.45, 7) is 0.0795. The van der Waals surface area contributed by atoms with Crippen LogP contribution >= 0.6 is 11.6 Å². The average Bonchev–Trinajstić information content (AvgIpc) is 2.32. The van der Waals surface area contributed by atoms with Gasteiger partial charge in [0.05, 0.1) is 11.6 Å². The quantitative estimate of drug-likeness (QED) is 0.835. The van der Waals surface area contributed by atoms with Gasteiger partial charge in [-0.15, -0.1) is 0 Å². The Morgan fingerprint density at radius 1 is 1.33 bits per heavy atom. The molecular weight excluding hydrogens is 281 g/mol. The van der Waals surface area contributed by atoms with Gasteiger partial charge in [-0.25, -0.2) is 12.8 Å². The molecule has 1 heterocycles. The molecule has 0 aliphatic carbocycles. The highest BCUT2D eigenvalue weighted by Crippen LogP contribution is 2.26. The first kappa shape index (κ1) is 13.5. The van der Waals surface area contributed by atoms with Gasteiger partial charge in [0.1, 0.15) is 16.5 Å². The van der Waals surface area contributed by atoms with Crippen LogP contribution in [0, 0.1) is 5.82 Å². The van der Waals surface area contributed by atoms with Gasteiger partial charge in [-0.3, -0.25) is 4.79 Å².